The number of nitrogens with zero attached hydrogens (tertiary/aromatic N) is 3. The van der Waals surface area contributed by atoms with Gasteiger partial charge in [0.2, 0.25) is 5.95 Å². The van der Waals surface area contributed by atoms with Gasteiger partial charge in [-0.2, -0.15) is 9.97 Å². The Bertz CT molecular complexity index is 623. The van der Waals surface area contributed by atoms with Crippen LogP contribution in [0.4, 0.5) is 11.6 Å². The molecule has 0 radical (unpaired) electrons. The number of anilines is 2. The van der Waals surface area contributed by atoms with Gasteiger partial charge in [-0.05, 0) is 18.6 Å². The number of hydrogen-bond acceptors (Lipinski definition) is 7. The number of ether oxygens (including phenoxy) is 1. The number of rotatable bonds is 9. The van der Waals surface area contributed by atoms with Gasteiger partial charge in [0.1, 0.15) is 5.75 Å². The summed E-state index contributed by atoms with van der Waals surface area (Å²) in [6.07, 6.45) is 3.58. The zero-order chi connectivity index (χ0) is 16.5. The molecular formula is C16H23N5OS. The minimum Gasteiger partial charge on any atom is -0.497 e. The van der Waals surface area contributed by atoms with Crippen molar-refractivity contribution in [3.8, 4) is 5.75 Å². The van der Waals surface area contributed by atoms with Crippen molar-refractivity contribution < 1.29 is 4.74 Å². The topological polar surface area (TPSA) is 86.0 Å². The van der Waals surface area contributed by atoms with Crippen molar-refractivity contribution in [2.75, 3.05) is 23.9 Å². The highest BCUT2D eigenvalue weighted by Gasteiger charge is 2.05. The third-order valence-electron chi connectivity index (χ3n) is 3.18. The number of nitrogens with two attached hydrogens (primary N) is 1. The van der Waals surface area contributed by atoms with Gasteiger partial charge in [-0.25, -0.2) is 4.98 Å². The number of benzene rings is 1. The number of methoxy groups -OCH3 is 1. The van der Waals surface area contributed by atoms with Gasteiger partial charge in [0.15, 0.2) is 11.0 Å². The first-order valence-electron chi connectivity index (χ1n) is 7.72. The van der Waals surface area contributed by atoms with Gasteiger partial charge < -0.3 is 15.8 Å². The molecule has 3 N–H and O–H groups in total. The molecule has 0 unspecified atom stereocenters. The SMILES string of the molecule is CCCCCSc1nc(N)nc(CNc2cccc(OC)c2)n1. The third-order valence-corrected chi connectivity index (χ3v) is 4.11. The molecular weight excluding hydrogens is 310 g/mol. The monoisotopic (exact) mass is 333 g/mol. The fraction of sp³-hybridized carbons (Fsp3) is 0.438. The van der Waals surface area contributed by atoms with Gasteiger partial charge in [-0.3, -0.25) is 0 Å². The van der Waals surface area contributed by atoms with Gasteiger partial charge in [0.25, 0.3) is 0 Å². The second kappa shape index (κ2) is 9.19. The van der Waals surface area contributed by atoms with Crippen molar-refractivity contribution >= 4 is 23.4 Å². The molecule has 0 aliphatic heterocycles. The Morgan fingerprint density at radius 1 is 1.22 bits per heavy atom. The Morgan fingerprint density at radius 2 is 2.09 bits per heavy atom. The number of hydrogen-bond donors (Lipinski definition) is 2. The van der Waals surface area contributed by atoms with Crippen LogP contribution in [0.15, 0.2) is 29.4 Å². The predicted octanol–water partition coefficient (Wildman–Crippen LogP) is 3.36. The van der Waals surface area contributed by atoms with Crippen LogP contribution in [-0.4, -0.2) is 27.8 Å². The lowest BCUT2D eigenvalue weighted by Gasteiger charge is -2.08. The summed E-state index contributed by atoms with van der Waals surface area (Å²) in [5, 5.41) is 3.96. The van der Waals surface area contributed by atoms with Gasteiger partial charge in [-0.15, -0.1) is 0 Å². The van der Waals surface area contributed by atoms with Crippen molar-refractivity contribution in [1.82, 2.24) is 15.0 Å². The average Bonchev–Trinajstić information content (AvgIpc) is 2.57. The molecule has 23 heavy (non-hydrogen) atoms. The highest BCUT2D eigenvalue weighted by atomic mass is 32.2. The summed E-state index contributed by atoms with van der Waals surface area (Å²) in [6, 6.07) is 7.72. The third kappa shape index (κ3) is 5.94. The fourth-order valence-corrected chi connectivity index (χ4v) is 2.85. The smallest absolute Gasteiger partial charge is 0.224 e. The van der Waals surface area contributed by atoms with Crippen molar-refractivity contribution in [1.29, 1.82) is 0 Å². The minimum absolute atomic E-state index is 0.264. The quantitative estimate of drug-likeness (QED) is 0.537. The maximum absolute atomic E-state index is 5.78. The first-order chi connectivity index (χ1) is 11.2. The Morgan fingerprint density at radius 3 is 2.87 bits per heavy atom. The summed E-state index contributed by atoms with van der Waals surface area (Å²) in [7, 11) is 1.65. The second-order valence-electron chi connectivity index (χ2n) is 5.03. The summed E-state index contributed by atoms with van der Waals surface area (Å²) in [6.45, 7) is 2.68. The Kier molecular flexibility index (Phi) is 6.93. The highest BCUT2D eigenvalue weighted by Crippen LogP contribution is 2.18. The van der Waals surface area contributed by atoms with Gasteiger partial charge >= 0.3 is 0 Å². The molecule has 2 rings (SSSR count). The number of unbranched alkanes of at least 4 members (excludes halogenated alkanes) is 2. The van der Waals surface area contributed by atoms with Crippen LogP contribution >= 0.6 is 11.8 Å². The minimum atomic E-state index is 0.264. The normalized spacial score (nSPS) is 10.5. The molecule has 6 nitrogen and oxygen atoms in total. The van der Waals surface area contributed by atoms with E-state index in [1.807, 2.05) is 24.3 Å². The lowest BCUT2D eigenvalue weighted by atomic mass is 10.3. The first kappa shape index (κ1) is 17.3. The van der Waals surface area contributed by atoms with E-state index >= 15 is 0 Å². The highest BCUT2D eigenvalue weighted by molar-refractivity contribution is 7.99. The molecule has 0 aliphatic rings. The van der Waals surface area contributed by atoms with Gasteiger partial charge in [0.05, 0.1) is 13.7 Å². The van der Waals surface area contributed by atoms with Crippen LogP contribution in [0.1, 0.15) is 32.0 Å². The predicted molar refractivity (Wildman–Crippen MR) is 94.8 cm³/mol. The molecule has 0 spiro atoms. The van der Waals surface area contributed by atoms with E-state index in [9.17, 15) is 0 Å². The fourth-order valence-electron chi connectivity index (χ4n) is 1.99. The van der Waals surface area contributed by atoms with Crippen molar-refractivity contribution in [2.45, 2.75) is 37.9 Å². The molecule has 7 heteroatoms. The zero-order valence-corrected chi connectivity index (χ0v) is 14.4. The zero-order valence-electron chi connectivity index (χ0n) is 13.6. The van der Waals surface area contributed by atoms with E-state index in [-0.39, 0.29) is 5.95 Å². The van der Waals surface area contributed by atoms with Crippen LogP contribution in [0.3, 0.4) is 0 Å². The van der Waals surface area contributed by atoms with Crippen molar-refractivity contribution in [3.05, 3.63) is 30.1 Å². The van der Waals surface area contributed by atoms with E-state index in [0.29, 0.717) is 17.5 Å². The first-order valence-corrected chi connectivity index (χ1v) is 8.71. The molecule has 0 saturated carbocycles. The molecule has 2 aromatic rings. The molecule has 0 fully saturated rings. The van der Waals surface area contributed by atoms with E-state index < -0.39 is 0 Å². The second-order valence-corrected chi connectivity index (χ2v) is 6.10. The molecule has 0 aliphatic carbocycles. The largest absolute Gasteiger partial charge is 0.497 e. The number of nitrogen functional groups attached to an aromatic ring is 1. The van der Waals surface area contributed by atoms with Crippen LogP contribution in [0, 0.1) is 0 Å². The maximum atomic E-state index is 5.78. The number of thioether (sulfide) groups is 1. The van der Waals surface area contributed by atoms with E-state index in [2.05, 4.69) is 27.2 Å². The molecule has 0 saturated heterocycles. The Hall–Kier alpha value is -2.02. The maximum Gasteiger partial charge on any atom is 0.224 e. The summed E-state index contributed by atoms with van der Waals surface area (Å²) in [5.41, 5.74) is 6.73. The van der Waals surface area contributed by atoms with Crippen LogP contribution in [0.25, 0.3) is 0 Å². The molecule has 0 bridgehead atoms. The van der Waals surface area contributed by atoms with Crippen LogP contribution < -0.4 is 15.8 Å². The van der Waals surface area contributed by atoms with E-state index in [4.69, 9.17) is 10.5 Å². The van der Waals surface area contributed by atoms with E-state index in [1.165, 1.54) is 12.8 Å². The summed E-state index contributed by atoms with van der Waals surface area (Å²) >= 11 is 1.63. The lowest BCUT2D eigenvalue weighted by Crippen LogP contribution is -2.09. The van der Waals surface area contributed by atoms with Crippen LogP contribution in [0.5, 0.6) is 5.75 Å². The van der Waals surface area contributed by atoms with E-state index in [0.717, 1.165) is 23.6 Å². The van der Waals surface area contributed by atoms with E-state index in [1.54, 1.807) is 18.9 Å². The summed E-state index contributed by atoms with van der Waals surface area (Å²) in [5.74, 6) is 2.70. The Balaban J connectivity index is 1.94. The summed E-state index contributed by atoms with van der Waals surface area (Å²) in [4.78, 5) is 12.8. The Labute approximate surface area is 141 Å². The van der Waals surface area contributed by atoms with Gasteiger partial charge in [0, 0.05) is 17.5 Å². The number of nitrogens with one attached hydrogen (secondary N) is 1. The van der Waals surface area contributed by atoms with Crippen molar-refractivity contribution in [2.24, 2.45) is 0 Å². The standard InChI is InChI=1S/C16H23N5OS/c1-3-4-5-9-23-16-20-14(19-15(17)21-16)11-18-12-7-6-8-13(10-12)22-2/h6-8,10,18H,3-5,9,11H2,1-2H3,(H2,17,19,20,21). The van der Waals surface area contributed by atoms with Crippen molar-refractivity contribution in [3.63, 3.8) is 0 Å². The number of aromatic nitrogens is 3. The molecule has 0 amide bonds. The van der Waals surface area contributed by atoms with Crippen LogP contribution in [0.2, 0.25) is 0 Å². The molecule has 124 valence electrons. The summed E-state index contributed by atoms with van der Waals surface area (Å²) < 4.78 is 5.20. The average molecular weight is 333 g/mol. The van der Waals surface area contributed by atoms with Gasteiger partial charge in [-0.1, -0.05) is 37.6 Å². The molecule has 0 atom stereocenters. The molecule has 1 heterocycles. The molecule has 1 aromatic carbocycles. The molecule has 1 aromatic heterocycles. The lowest BCUT2D eigenvalue weighted by molar-refractivity contribution is 0.415. The van der Waals surface area contributed by atoms with Crippen LogP contribution in [-0.2, 0) is 6.54 Å².